The second-order valence-corrected chi connectivity index (χ2v) is 6.68. The van der Waals surface area contributed by atoms with Crippen LogP contribution >= 0.6 is 0 Å². The minimum absolute atomic E-state index is 0.150. The lowest BCUT2D eigenvalue weighted by molar-refractivity contribution is -0.120. The molecule has 1 unspecified atom stereocenters. The summed E-state index contributed by atoms with van der Waals surface area (Å²) < 4.78 is 0. The molecule has 1 saturated heterocycles. The van der Waals surface area contributed by atoms with Crippen molar-refractivity contribution in [3.8, 4) is 0 Å². The van der Waals surface area contributed by atoms with Gasteiger partial charge in [-0.3, -0.25) is 4.79 Å². The lowest BCUT2D eigenvalue weighted by Crippen LogP contribution is -2.36. The second-order valence-electron chi connectivity index (χ2n) is 6.68. The number of unbranched alkanes of at least 4 members (excludes halogenated alkanes) is 1. The van der Waals surface area contributed by atoms with Gasteiger partial charge in [0.05, 0.1) is 6.54 Å². The third-order valence-corrected chi connectivity index (χ3v) is 4.38. The number of nitrogens with one attached hydrogen (secondary N) is 2. The summed E-state index contributed by atoms with van der Waals surface area (Å²) >= 11 is 0. The molecule has 2 N–H and O–H groups in total. The van der Waals surface area contributed by atoms with Crippen LogP contribution < -0.4 is 10.6 Å². The molecule has 1 aliphatic heterocycles. The normalized spacial score (nSPS) is 23.8. The van der Waals surface area contributed by atoms with Crippen LogP contribution in [0.25, 0.3) is 0 Å². The Kier molecular flexibility index (Phi) is 6.80. The lowest BCUT2D eigenvalue weighted by atomic mass is 10.0. The van der Waals surface area contributed by atoms with E-state index in [0.717, 1.165) is 31.3 Å². The quantitative estimate of drug-likeness (QED) is 0.631. The van der Waals surface area contributed by atoms with Crippen molar-refractivity contribution in [1.29, 1.82) is 0 Å². The van der Waals surface area contributed by atoms with E-state index in [4.69, 9.17) is 0 Å². The third-order valence-electron chi connectivity index (χ3n) is 4.38. The number of amides is 1. The standard InChI is InChI=1S/C16H31N3O/c1-14-5-4-10-19(13-14)9-3-2-8-18-16(20)12-17-11-15-6-7-15/h14-15,17H,2-13H2,1H3,(H,18,20). The van der Waals surface area contributed by atoms with E-state index >= 15 is 0 Å². The van der Waals surface area contributed by atoms with E-state index in [1.807, 2.05) is 0 Å². The Balaban J connectivity index is 1.39. The largest absolute Gasteiger partial charge is 0.355 e. The van der Waals surface area contributed by atoms with Gasteiger partial charge in [-0.05, 0) is 70.0 Å². The van der Waals surface area contributed by atoms with Gasteiger partial charge in [0.2, 0.25) is 5.91 Å². The van der Waals surface area contributed by atoms with Gasteiger partial charge in [0, 0.05) is 13.1 Å². The molecule has 4 nitrogen and oxygen atoms in total. The Morgan fingerprint density at radius 1 is 1.25 bits per heavy atom. The summed E-state index contributed by atoms with van der Waals surface area (Å²) in [7, 11) is 0. The number of carbonyl (C=O) groups excluding carboxylic acids is 1. The minimum Gasteiger partial charge on any atom is -0.355 e. The Hall–Kier alpha value is -0.610. The minimum atomic E-state index is 0.150. The Bertz CT molecular complexity index is 291. The SMILES string of the molecule is CC1CCCN(CCCCNC(=O)CNCC2CC2)C1. The van der Waals surface area contributed by atoms with Crippen LogP contribution in [0, 0.1) is 11.8 Å². The monoisotopic (exact) mass is 281 g/mol. The smallest absolute Gasteiger partial charge is 0.233 e. The fraction of sp³-hybridized carbons (Fsp3) is 0.938. The zero-order chi connectivity index (χ0) is 14.2. The molecule has 1 saturated carbocycles. The first-order valence-corrected chi connectivity index (χ1v) is 8.44. The van der Waals surface area contributed by atoms with Gasteiger partial charge in [-0.1, -0.05) is 6.92 Å². The number of nitrogens with zero attached hydrogens (tertiary/aromatic N) is 1. The maximum absolute atomic E-state index is 11.6. The van der Waals surface area contributed by atoms with Crippen LogP contribution in [0.5, 0.6) is 0 Å². The number of piperidine rings is 1. The van der Waals surface area contributed by atoms with Gasteiger partial charge >= 0.3 is 0 Å². The Morgan fingerprint density at radius 3 is 2.85 bits per heavy atom. The van der Waals surface area contributed by atoms with Crippen LogP contribution in [-0.2, 0) is 4.79 Å². The first-order valence-electron chi connectivity index (χ1n) is 8.44. The maximum Gasteiger partial charge on any atom is 0.233 e. The van der Waals surface area contributed by atoms with Crippen LogP contribution in [0.2, 0.25) is 0 Å². The molecule has 0 bridgehead atoms. The fourth-order valence-electron chi connectivity index (χ4n) is 2.95. The zero-order valence-electron chi connectivity index (χ0n) is 13.0. The molecule has 1 amide bonds. The molecule has 0 spiro atoms. The average molecular weight is 281 g/mol. The summed E-state index contributed by atoms with van der Waals surface area (Å²) in [5, 5.41) is 6.23. The topological polar surface area (TPSA) is 44.4 Å². The number of hydrogen-bond donors (Lipinski definition) is 2. The van der Waals surface area contributed by atoms with Crippen molar-refractivity contribution in [2.45, 2.75) is 45.4 Å². The van der Waals surface area contributed by atoms with Crippen molar-refractivity contribution in [2.24, 2.45) is 11.8 Å². The van der Waals surface area contributed by atoms with Crippen LogP contribution in [0.4, 0.5) is 0 Å². The summed E-state index contributed by atoms with van der Waals surface area (Å²) in [6, 6.07) is 0. The average Bonchev–Trinajstić information content (AvgIpc) is 3.22. The lowest BCUT2D eigenvalue weighted by Gasteiger charge is -2.30. The van der Waals surface area contributed by atoms with Gasteiger partial charge in [0.1, 0.15) is 0 Å². The summed E-state index contributed by atoms with van der Waals surface area (Å²) in [5.41, 5.74) is 0. The highest BCUT2D eigenvalue weighted by molar-refractivity contribution is 5.77. The molecule has 1 atom stereocenters. The van der Waals surface area contributed by atoms with Crippen molar-refractivity contribution in [1.82, 2.24) is 15.5 Å². The molecule has 0 radical (unpaired) electrons. The van der Waals surface area contributed by atoms with E-state index < -0.39 is 0 Å². The molecule has 2 fully saturated rings. The van der Waals surface area contributed by atoms with Crippen LogP contribution in [0.3, 0.4) is 0 Å². The van der Waals surface area contributed by atoms with E-state index in [9.17, 15) is 4.79 Å². The molecule has 116 valence electrons. The molecule has 4 heteroatoms. The van der Waals surface area contributed by atoms with Crippen LogP contribution in [0.15, 0.2) is 0 Å². The van der Waals surface area contributed by atoms with Crippen molar-refractivity contribution >= 4 is 5.91 Å². The van der Waals surface area contributed by atoms with E-state index in [1.54, 1.807) is 0 Å². The molecule has 2 rings (SSSR count). The Morgan fingerprint density at radius 2 is 2.10 bits per heavy atom. The first kappa shape index (κ1) is 15.8. The van der Waals surface area contributed by atoms with Crippen molar-refractivity contribution < 1.29 is 4.79 Å². The van der Waals surface area contributed by atoms with Gasteiger partial charge < -0.3 is 15.5 Å². The molecule has 2 aliphatic rings. The molecule has 0 aromatic rings. The molecule has 0 aromatic carbocycles. The van der Waals surface area contributed by atoms with Gasteiger partial charge in [-0.2, -0.15) is 0 Å². The van der Waals surface area contributed by atoms with E-state index in [-0.39, 0.29) is 5.91 Å². The van der Waals surface area contributed by atoms with Crippen molar-refractivity contribution in [3.63, 3.8) is 0 Å². The number of rotatable bonds is 9. The van der Waals surface area contributed by atoms with E-state index in [0.29, 0.717) is 6.54 Å². The third kappa shape index (κ3) is 6.71. The van der Waals surface area contributed by atoms with E-state index in [1.165, 1.54) is 51.7 Å². The number of hydrogen-bond acceptors (Lipinski definition) is 3. The summed E-state index contributed by atoms with van der Waals surface area (Å²) in [6.07, 6.45) is 7.71. The molecule has 1 heterocycles. The van der Waals surface area contributed by atoms with Crippen molar-refractivity contribution in [3.05, 3.63) is 0 Å². The highest BCUT2D eigenvalue weighted by Crippen LogP contribution is 2.27. The summed E-state index contributed by atoms with van der Waals surface area (Å²) in [4.78, 5) is 14.1. The van der Waals surface area contributed by atoms with Gasteiger partial charge in [-0.25, -0.2) is 0 Å². The molecule has 1 aliphatic carbocycles. The maximum atomic E-state index is 11.6. The fourth-order valence-corrected chi connectivity index (χ4v) is 2.95. The molecular weight excluding hydrogens is 250 g/mol. The Labute approximate surface area is 123 Å². The highest BCUT2D eigenvalue weighted by Gasteiger charge is 2.20. The second kappa shape index (κ2) is 8.63. The molecular formula is C16H31N3O. The highest BCUT2D eigenvalue weighted by atomic mass is 16.1. The summed E-state index contributed by atoms with van der Waals surface area (Å²) in [6.45, 7) is 8.40. The van der Waals surface area contributed by atoms with Crippen molar-refractivity contribution in [2.75, 3.05) is 39.3 Å². The molecule has 0 aromatic heterocycles. The van der Waals surface area contributed by atoms with Gasteiger partial charge in [0.25, 0.3) is 0 Å². The first-order chi connectivity index (χ1) is 9.74. The van der Waals surface area contributed by atoms with Crippen LogP contribution in [-0.4, -0.2) is 50.1 Å². The van der Waals surface area contributed by atoms with Gasteiger partial charge in [-0.15, -0.1) is 0 Å². The summed E-state index contributed by atoms with van der Waals surface area (Å²) in [5.74, 6) is 1.85. The predicted octanol–water partition coefficient (Wildman–Crippen LogP) is 1.61. The van der Waals surface area contributed by atoms with Gasteiger partial charge in [0.15, 0.2) is 0 Å². The van der Waals surface area contributed by atoms with Crippen LogP contribution in [0.1, 0.15) is 45.4 Å². The van der Waals surface area contributed by atoms with E-state index in [2.05, 4.69) is 22.5 Å². The number of carbonyl (C=O) groups is 1. The molecule has 20 heavy (non-hydrogen) atoms. The number of likely N-dealkylation sites (tertiary alicyclic amines) is 1. The zero-order valence-corrected chi connectivity index (χ0v) is 13.0. The predicted molar refractivity (Wildman–Crippen MR) is 82.7 cm³/mol.